The number of carbonyl (C=O) groups excluding carboxylic acids is 1. The van der Waals surface area contributed by atoms with Crippen LogP contribution >= 0.6 is 0 Å². The van der Waals surface area contributed by atoms with Gasteiger partial charge in [0.15, 0.2) is 0 Å². The van der Waals surface area contributed by atoms with Crippen molar-refractivity contribution in [2.45, 2.75) is 71.6 Å². The molecule has 0 rings (SSSR count). The Labute approximate surface area is 138 Å². The predicted octanol–water partition coefficient (Wildman–Crippen LogP) is 4.71. The van der Waals surface area contributed by atoms with Crippen LogP contribution in [-0.4, -0.2) is 44.2 Å². The summed E-state index contributed by atoms with van der Waals surface area (Å²) in [6, 6.07) is 0. The molecule has 0 spiro atoms. The summed E-state index contributed by atoms with van der Waals surface area (Å²) in [5.41, 5.74) is 0.479. The van der Waals surface area contributed by atoms with Crippen molar-refractivity contribution < 1.29 is 14.0 Å². The van der Waals surface area contributed by atoms with Gasteiger partial charge in [0.25, 0.3) is 0 Å². The molecule has 0 atom stereocenters. The van der Waals surface area contributed by atoms with Gasteiger partial charge in [-0.25, -0.2) is 4.79 Å². The van der Waals surface area contributed by atoms with Crippen molar-refractivity contribution in [3.05, 3.63) is 12.2 Å². The van der Waals surface area contributed by atoms with E-state index in [0.717, 1.165) is 17.4 Å². The van der Waals surface area contributed by atoms with Gasteiger partial charge in [0.2, 0.25) is 0 Å². The van der Waals surface area contributed by atoms with E-state index in [-0.39, 0.29) is 5.97 Å². The van der Waals surface area contributed by atoms with Crippen molar-refractivity contribution in [3.63, 3.8) is 0 Å². The largest absolute Gasteiger partial charge is 0.462 e. The van der Waals surface area contributed by atoms with Crippen molar-refractivity contribution in [2.75, 3.05) is 33.8 Å². The minimum absolute atomic E-state index is 0.270. The molecule has 0 radical (unpaired) electrons. The fraction of sp³-hybridized carbons (Fsp3) is 0.842. The molecule has 0 aromatic carbocycles. The number of esters is 1. The van der Waals surface area contributed by atoms with Crippen molar-refractivity contribution in [3.8, 4) is 0 Å². The van der Waals surface area contributed by atoms with Gasteiger partial charge >= 0.3 is 5.97 Å². The molecule has 0 aliphatic heterocycles. The Morgan fingerprint density at radius 2 is 1.41 bits per heavy atom. The van der Waals surface area contributed by atoms with Crippen LogP contribution in [0.5, 0.6) is 0 Å². The highest BCUT2D eigenvalue weighted by atomic mass is 16.5. The maximum atomic E-state index is 11.3. The van der Waals surface area contributed by atoms with Gasteiger partial charge in [0, 0.05) is 12.0 Å². The lowest BCUT2D eigenvalue weighted by molar-refractivity contribution is -0.890. The van der Waals surface area contributed by atoms with Crippen LogP contribution in [0.25, 0.3) is 0 Å². The quantitative estimate of drug-likeness (QED) is 0.201. The lowest BCUT2D eigenvalue weighted by Gasteiger charge is -2.29. The molecule has 0 aromatic rings. The molecule has 0 bridgehead atoms. The summed E-state index contributed by atoms with van der Waals surface area (Å²) in [7, 11) is 4.53. The second-order valence-corrected chi connectivity index (χ2v) is 7.13. The summed E-state index contributed by atoms with van der Waals surface area (Å²) < 4.78 is 6.15. The predicted molar refractivity (Wildman–Crippen MR) is 94.8 cm³/mol. The average molecular weight is 313 g/mol. The molecule has 0 aliphatic rings. The van der Waals surface area contributed by atoms with E-state index < -0.39 is 0 Å². The van der Waals surface area contributed by atoms with Gasteiger partial charge in [-0.05, 0) is 19.8 Å². The summed E-state index contributed by atoms with van der Waals surface area (Å²) in [6.07, 6.45) is 11.9. The molecular weight excluding hydrogens is 274 g/mol. The van der Waals surface area contributed by atoms with E-state index in [4.69, 9.17) is 4.74 Å². The third-order valence-electron chi connectivity index (χ3n) is 4.11. The summed E-state index contributed by atoms with van der Waals surface area (Å²) in [4.78, 5) is 11.3. The van der Waals surface area contributed by atoms with E-state index in [1.807, 2.05) is 0 Å². The number of hydrogen-bond donors (Lipinski definition) is 0. The molecule has 0 fully saturated rings. The van der Waals surface area contributed by atoms with Gasteiger partial charge in [0.1, 0.15) is 0 Å². The van der Waals surface area contributed by atoms with Gasteiger partial charge in [-0.1, -0.05) is 52.0 Å². The summed E-state index contributed by atoms with van der Waals surface area (Å²) in [5, 5.41) is 0. The Morgan fingerprint density at radius 1 is 0.909 bits per heavy atom. The maximum absolute atomic E-state index is 11.3. The molecule has 0 heterocycles. The number of ether oxygens (including phenoxy) is 1. The van der Waals surface area contributed by atoms with Gasteiger partial charge in [-0.15, -0.1) is 0 Å². The number of rotatable bonds is 14. The smallest absolute Gasteiger partial charge is 0.333 e. The Balaban J connectivity index is 3.52. The minimum atomic E-state index is -0.270. The first-order valence-corrected chi connectivity index (χ1v) is 9.03. The highest BCUT2D eigenvalue weighted by molar-refractivity contribution is 5.86. The van der Waals surface area contributed by atoms with Gasteiger partial charge in [-0.3, -0.25) is 0 Å². The SMILES string of the molecule is C=C(C)C(=O)OCCC[N+](C)(C)CCCCCCCCCC. The fourth-order valence-electron chi connectivity index (χ4n) is 2.57. The Bertz CT molecular complexity index is 311. The first-order valence-electron chi connectivity index (χ1n) is 9.03. The fourth-order valence-corrected chi connectivity index (χ4v) is 2.57. The van der Waals surface area contributed by atoms with Crippen molar-refractivity contribution in [2.24, 2.45) is 0 Å². The van der Waals surface area contributed by atoms with Crippen LogP contribution in [0, 0.1) is 0 Å². The Morgan fingerprint density at radius 3 is 1.95 bits per heavy atom. The van der Waals surface area contributed by atoms with Crippen LogP contribution in [0.2, 0.25) is 0 Å². The van der Waals surface area contributed by atoms with Crippen LogP contribution in [-0.2, 0) is 9.53 Å². The van der Waals surface area contributed by atoms with E-state index in [1.54, 1.807) is 6.92 Å². The molecular formula is C19H38NO2+. The number of hydrogen-bond acceptors (Lipinski definition) is 2. The van der Waals surface area contributed by atoms with Crippen molar-refractivity contribution >= 4 is 5.97 Å². The van der Waals surface area contributed by atoms with E-state index in [9.17, 15) is 4.79 Å². The monoisotopic (exact) mass is 312 g/mol. The lowest BCUT2D eigenvalue weighted by atomic mass is 10.1. The zero-order valence-electron chi connectivity index (χ0n) is 15.5. The van der Waals surface area contributed by atoms with E-state index in [0.29, 0.717) is 12.2 Å². The second-order valence-electron chi connectivity index (χ2n) is 7.13. The number of carbonyl (C=O) groups is 1. The van der Waals surface area contributed by atoms with Crippen LogP contribution in [0.1, 0.15) is 71.6 Å². The molecule has 0 aliphatic carbocycles. The van der Waals surface area contributed by atoms with Crippen molar-refractivity contribution in [1.29, 1.82) is 0 Å². The molecule has 0 aromatic heterocycles. The zero-order valence-corrected chi connectivity index (χ0v) is 15.5. The van der Waals surface area contributed by atoms with Gasteiger partial charge in [-0.2, -0.15) is 0 Å². The summed E-state index contributed by atoms with van der Waals surface area (Å²) in [5.74, 6) is -0.270. The molecule has 0 N–H and O–H groups in total. The third-order valence-corrected chi connectivity index (χ3v) is 4.11. The molecule has 130 valence electrons. The van der Waals surface area contributed by atoms with Crippen LogP contribution in [0.3, 0.4) is 0 Å². The Hall–Kier alpha value is -0.830. The maximum Gasteiger partial charge on any atom is 0.333 e. The first kappa shape index (κ1) is 21.2. The van der Waals surface area contributed by atoms with E-state index in [2.05, 4.69) is 27.6 Å². The number of quaternary nitrogens is 1. The molecule has 3 nitrogen and oxygen atoms in total. The topological polar surface area (TPSA) is 26.3 Å². The summed E-state index contributed by atoms with van der Waals surface area (Å²) >= 11 is 0. The standard InChI is InChI=1S/C19H38NO2/c1-6-7-8-9-10-11-12-13-15-20(4,5)16-14-17-22-19(21)18(2)3/h2,6-17H2,1,3-5H3/q+1. The van der Waals surface area contributed by atoms with Gasteiger partial charge in [0.05, 0.1) is 33.8 Å². The van der Waals surface area contributed by atoms with E-state index >= 15 is 0 Å². The second kappa shape index (κ2) is 12.7. The number of nitrogens with zero attached hydrogens (tertiary/aromatic N) is 1. The molecule has 0 amide bonds. The summed E-state index contributed by atoms with van der Waals surface area (Å²) in [6.45, 7) is 10.3. The zero-order chi connectivity index (χ0) is 16.8. The van der Waals surface area contributed by atoms with E-state index in [1.165, 1.54) is 57.9 Å². The third kappa shape index (κ3) is 12.9. The number of unbranched alkanes of at least 4 members (excludes halogenated alkanes) is 7. The molecule has 0 saturated heterocycles. The Kier molecular flexibility index (Phi) is 12.2. The molecule has 0 saturated carbocycles. The normalized spacial score (nSPS) is 11.5. The van der Waals surface area contributed by atoms with Crippen LogP contribution in [0.15, 0.2) is 12.2 Å². The average Bonchev–Trinajstić information content (AvgIpc) is 2.46. The highest BCUT2D eigenvalue weighted by Crippen LogP contribution is 2.10. The van der Waals surface area contributed by atoms with Crippen LogP contribution < -0.4 is 0 Å². The van der Waals surface area contributed by atoms with Crippen LogP contribution in [0.4, 0.5) is 0 Å². The first-order chi connectivity index (χ1) is 10.4. The van der Waals surface area contributed by atoms with Gasteiger partial charge < -0.3 is 9.22 Å². The molecule has 22 heavy (non-hydrogen) atoms. The van der Waals surface area contributed by atoms with Crippen molar-refractivity contribution in [1.82, 2.24) is 0 Å². The minimum Gasteiger partial charge on any atom is -0.462 e. The lowest BCUT2D eigenvalue weighted by Crippen LogP contribution is -2.41. The molecule has 0 unspecified atom stereocenters. The molecule has 3 heteroatoms. The highest BCUT2D eigenvalue weighted by Gasteiger charge is 2.14.